The summed E-state index contributed by atoms with van der Waals surface area (Å²) in [5.41, 5.74) is 2.49. The molecular weight excluding hydrogens is 246 g/mol. The molecule has 0 N–H and O–H groups in total. The summed E-state index contributed by atoms with van der Waals surface area (Å²) in [5.74, 6) is 0.843. The number of hydrogen-bond donors (Lipinski definition) is 0. The number of likely N-dealkylation sites (tertiary alicyclic amines) is 1. The van der Waals surface area contributed by atoms with E-state index in [9.17, 15) is 0 Å². The summed E-state index contributed by atoms with van der Waals surface area (Å²) in [7, 11) is 0. The highest BCUT2D eigenvalue weighted by Gasteiger charge is 2.23. The van der Waals surface area contributed by atoms with E-state index >= 15 is 0 Å². The molecule has 3 rings (SSSR count). The Labute approximate surface area is 123 Å². The van der Waals surface area contributed by atoms with E-state index in [4.69, 9.17) is 0 Å². The minimum atomic E-state index is 0.843. The van der Waals surface area contributed by atoms with Crippen molar-refractivity contribution in [3.8, 4) is 0 Å². The van der Waals surface area contributed by atoms with Crippen LogP contribution in [0.5, 0.6) is 0 Å². The average Bonchev–Trinajstić information content (AvgIpc) is 2.49. The summed E-state index contributed by atoms with van der Waals surface area (Å²) in [6, 6.07) is 4.39. The van der Waals surface area contributed by atoms with Crippen molar-refractivity contribution in [2.45, 2.75) is 39.0 Å². The Kier molecular flexibility index (Phi) is 4.56. The molecule has 0 bridgehead atoms. The Bertz CT molecular complexity index is 426. The third-order valence-electron chi connectivity index (χ3n) is 4.73. The molecule has 3 heterocycles. The predicted octanol–water partition coefficient (Wildman–Crippen LogP) is 3.09. The molecule has 0 aliphatic carbocycles. The second-order valence-corrected chi connectivity index (χ2v) is 6.47. The number of aryl methyl sites for hydroxylation is 1. The van der Waals surface area contributed by atoms with Crippen molar-refractivity contribution >= 4 is 5.69 Å². The number of hydrogen-bond acceptors (Lipinski definition) is 3. The standard InChI is InChI=1S/C17H27N3/c1-15-12-17(7-8-18-15)20-11-5-6-16(14-20)13-19-9-3-2-4-10-19/h7-8,12,16H,2-6,9-11,13-14H2,1H3. The molecule has 3 nitrogen and oxygen atoms in total. The first-order valence-corrected chi connectivity index (χ1v) is 8.21. The summed E-state index contributed by atoms with van der Waals surface area (Å²) in [6.45, 7) is 8.47. The molecule has 2 saturated heterocycles. The average molecular weight is 273 g/mol. The van der Waals surface area contributed by atoms with Crippen LogP contribution in [-0.2, 0) is 0 Å². The van der Waals surface area contributed by atoms with Gasteiger partial charge in [0.05, 0.1) is 0 Å². The van der Waals surface area contributed by atoms with E-state index in [1.54, 1.807) is 0 Å². The second kappa shape index (κ2) is 6.57. The smallest absolute Gasteiger partial charge is 0.0399 e. The molecule has 0 radical (unpaired) electrons. The normalized spacial score (nSPS) is 24.9. The molecule has 0 amide bonds. The number of anilines is 1. The van der Waals surface area contributed by atoms with Crippen LogP contribution in [0, 0.1) is 12.8 Å². The Morgan fingerprint density at radius 2 is 2.00 bits per heavy atom. The molecule has 0 spiro atoms. The van der Waals surface area contributed by atoms with Crippen molar-refractivity contribution in [2.75, 3.05) is 37.6 Å². The lowest BCUT2D eigenvalue weighted by Gasteiger charge is -2.38. The maximum Gasteiger partial charge on any atom is 0.0399 e. The highest BCUT2D eigenvalue weighted by atomic mass is 15.2. The van der Waals surface area contributed by atoms with Crippen LogP contribution in [0.3, 0.4) is 0 Å². The highest BCUT2D eigenvalue weighted by molar-refractivity contribution is 5.46. The monoisotopic (exact) mass is 273 g/mol. The van der Waals surface area contributed by atoms with Crippen LogP contribution < -0.4 is 4.90 Å². The van der Waals surface area contributed by atoms with Gasteiger partial charge in [-0.15, -0.1) is 0 Å². The Balaban J connectivity index is 1.58. The van der Waals surface area contributed by atoms with Crippen molar-refractivity contribution in [3.05, 3.63) is 24.0 Å². The molecule has 2 aliphatic rings. The molecule has 1 aromatic rings. The zero-order valence-electron chi connectivity index (χ0n) is 12.7. The van der Waals surface area contributed by atoms with E-state index in [1.165, 1.54) is 70.5 Å². The lowest BCUT2D eigenvalue weighted by atomic mass is 9.96. The molecule has 2 aliphatic heterocycles. The second-order valence-electron chi connectivity index (χ2n) is 6.47. The summed E-state index contributed by atoms with van der Waals surface area (Å²) in [5, 5.41) is 0. The molecule has 20 heavy (non-hydrogen) atoms. The number of rotatable bonds is 3. The zero-order valence-corrected chi connectivity index (χ0v) is 12.7. The van der Waals surface area contributed by atoms with Gasteiger partial charge in [0.1, 0.15) is 0 Å². The van der Waals surface area contributed by atoms with Gasteiger partial charge in [0, 0.05) is 37.2 Å². The summed E-state index contributed by atoms with van der Waals surface area (Å²) in [6.07, 6.45) is 8.92. The lowest BCUT2D eigenvalue weighted by Crippen LogP contribution is -2.42. The molecule has 1 atom stereocenters. The Hall–Kier alpha value is -1.09. The number of piperidine rings is 2. The van der Waals surface area contributed by atoms with Crippen molar-refractivity contribution in [1.82, 2.24) is 9.88 Å². The van der Waals surface area contributed by atoms with Gasteiger partial charge >= 0.3 is 0 Å². The van der Waals surface area contributed by atoms with E-state index in [1.807, 2.05) is 6.20 Å². The minimum absolute atomic E-state index is 0.843. The van der Waals surface area contributed by atoms with Crippen LogP contribution in [0.4, 0.5) is 5.69 Å². The molecule has 110 valence electrons. The first-order chi connectivity index (χ1) is 9.81. The Morgan fingerprint density at radius 1 is 1.15 bits per heavy atom. The van der Waals surface area contributed by atoms with Crippen LogP contribution >= 0.6 is 0 Å². The van der Waals surface area contributed by atoms with E-state index in [2.05, 4.69) is 33.8 Å². The first-order valence-electron chi connectivity index (χ1n) is 8.21. The number of nitrogens with zero attached hydrogens (tertiary/aromatic N) is 3. The van der Waals surface area contributed by atoms with Crippen molar-refractivity contribution in [3.63, 3.8) is 0 Å². The molecular formula is C17H27N3. The van der Waals surface area contributed by atoms with Gasteiger partial charge in [0.15, 0.2) is 0 Å². The fraction of sp³-hybridized carbons (Fsp3) is 0.706. The van der Waals surface area contributed by atoms with Crippen LogP contribution in [0.25, 0.3) is 0 Å². The predicted molar refractivity (Wildman–Crippen MR) is 84.2 cm³/mol. The van der Waals surface area contributed by atoms with Crippen LogP contribution in [0.15, 0.2) is 18.3 Å². The van der Waals surface area contributed by atoms with Gasteiger partial charge in [-0.25, -0.2) is 0 Å². The molecule has 2 fully saturated rings. The minimum Gasteiger partial charge on any atom is -0.371 e. The largest absolute Gasteiger partial charge is 0.371 e. The fourth-order valence-electron chi connectivity index (χ4n) is 3.68. The van der Waals surface area contributed by atoms with Gasteiger partial charge in [-0.1, -0.05) is 6.42 Å². The number of pyridine rings is 1. The van der Waals surface area contributed by atoms with Crippen LogP contribution in [-0.4, -0.2) is 42.6 Å². The molecule has 1 aromatic heterocycles. The third-order valence-corrected chi connectivity index (χ3v) is 4.73. The van der Waals surface area contributed by atoms with Gasteiger partial charge in [-0.3, -0.25) is 4.98 Å². The van der Waals surface area contributed by atoms with Gasteiger partial charge in [0.25, 0.3) is 0 Å². The van der Waals surface area contributed by atoms with E-state index in [0.717, 1.165) is 11.6 Å². The maximum atomic E-state index is 4.31. The summed E-state index contributed by atoms with van der Waals surface area (Å²) in [4.78, 5) is 9.56. The molecule has 3 heteroatoms. The van der Waals surface area contributed by atoms with Gasteiger partial charge in [-0.05, 0) is 63.7 Å². The van der Waals surface area contributed by atoms with E-state index in [-0.39, 0.29) is 0 Å². The first kappa shape index (κ1) is 13.9. The number of aromatic nitrogens is 1. The third kappa shape index (κ3) is 3.51. The van der Waals surface area contributed by atoms with Gasteiger partial charge in [0.2, 0.25) is 0 Å². The van der Waals surface area contributed by atoms with E-state index < -0.39 is 0 Å². The summed E-state index contributed by atoms with van der Waals surface area (Å²) >= 11 is 0. The van der Waals surface area contributed by atoms with Crippen molar-refractivity contribution in [1.29, 1.82) is 0 Å². The zero-order chi connectivity index (χ0) is 13.8. The fourth-order valence-corrected chi connectivity index (χ4v) is 3.68. The van der Waals surface area contributed by atoms with Crippen LogP contribution in [0.2, 0.25) is 0 Å². The molecule has 0 aromatic carbocycles. The van der Waals surface area contributed by atoms with Crippen LogP contribution in [0.1, 0.15) is 37.8 Å². The Morgan fingerprint density at radius 3 is 2.80 bits per heavy atom. The topological polar surface area (TPSA) is 19.4 Å². The van der Waals surface area contributed by atoms with Gasteiger partial charge < -0.3 is 9.80 Å². The van der Waals surface area contributed by atoms with Crippen molar-refractivity contribution < 1.29 is 0 Å². The molecule has 0 saturated carbocycles. The highest BCUT2D eigenvalue weighted by Crippen LogP contribution is 2.24. The molecule has 1 unspecified atom stereocenters. The SMILES string of the molecule is Cc1cc(N2CCCC(CN3CCCCC3)C2)ccn1. The lowest BCUT2D eigenvalue weighted by molar-refractivity contribution is 0.185. The maximum absolute atomic E-state index is 4.31. The van der Waals surface area contributed by atoms with Gasteiger partial charge in [-0.2, -0.15) is 0 Å². The quantitative estimate of drug-likeness (QED) is 0.843. The van der Waals surface area contributed by atoms with E-state index in [0.29, 0.717) is 0 Å². The van der Waals surface area contributed by atoms with Crippen molar-refractivity contribution in [2.24, 2.45) is 5.92 Å². The summed E-state index contributed by atoms with van der Waals surface area (Å²) < 4.78 is 0.